The van der Waals surface area contributed by atoms with Gasteiger partial charge in [-0.2, -0.15) is 8.78 Å². The van der Waals surface area contributed by atoms with Crippen LogP contribution < -0.4 is 5.56 Å². The van der Waals surface area contributed by atoms with E-state index in [1.807, 2.05) is 0 Å². The molecule has 0 atom stereocenters. The summed E-state index contributed by atoms with van der Waals surface area (Å²) in [6.07, 6.45) is 1.61. The molecule has 4 aromatic rings. The Hall–Kier alpha value is -3.00. The number of nitrogens with zero attached hydrogens (tertiary/aromatic N) is 4. The molecule has 2 aromatic heterocycles. The zero-order chi connectivity index (χ0) is 19.7. The summed E-state index contributed by atoms with van der Waals surface area (Å²) in [4.78, 5) is 21.7. The van der Waals surface area contributed by atoms with Crippen LogP contribution in [0.3, 0.4) is 0 Å². The van der Waals surface area contributed by atoms with Gasteiger partial charge in [0, 0.05) is 6.54 Å². The standard InChI is InChI=1S/C20H16F2N4OS/c1-2-11-25-18(27)13-7-3-4-8-14(13)24-20(25)28-12-17-23-15-9-5-6-10-16(15)26(17)19(21)22/h2-10,19H,1,11-12H2. The van der Waals surface area contributed by atoms with Crippen LogP contribution in [0.1, 0.15) is 12.4 Å². The van der Waals surface area contributed by atoms with Gasteiger partial charge in [-0.3, -0.25) is 13.9 Å². The smallest absolute Gasteiger partial charge is 0.283 e. The van der Waals surface area contributed by atoms with Crippen molar-refractivity contribution >= 4 is 33.7 Å². The normalized spacial score (nSPS) is 11.5. The predicted molar refractivity (Wildman–Crippen MR) is 107 cm³/mol. The van der Waals surface area contributed by atoms with Crippen molar-refractivity contribution in [1.29, 1.82) is 0 Å². The quantitative estimate of drug-likeness (QED) is 0.270. The topological polar surface area (TPSA) is 52.7 Å². The van der Waals surface area contributed by atoms with E-state index in [0.717, 1.165) is 4.57 Å². The first-order valence-corrected chi connectivity index (χ1v) is 9.56. The summed E-state index contributed by atoms with van der Waals surface area (Å²) in [5.41, 5.74) is 1.27. The number of fused-ring (bicyclic) bond motifs is 2. The second-order valence-electron chi connectivity index (χ2n) is 6.07. The number of aromatic nitrogens is 4. The molecule has 0 unspecified atom stereocenters. The van der Waals surface area contributed by atoms with E-state index in [1.54, 1.807) is 54.6 Å². The van der Waals surface area contributed by atoms with Gasteiger partial charge in [0.05, 0.1) is 27.7 Å². The van der Waals surface area contributed by atoms with Crippen LogP contribution in [-0.4, -0.2) is 19.1 Å². The van der Waals surface area contributed by atoms with Crippen LogP contribution in [-0.2, 0) is 12.3 Å². The number of hydrogen-bond donors (Lipinski definition) is 0. The minimum Gasteiger partial charge on any atom is -0.283 e. The molecule has 142 valence electrons. The molecule has 0 radical (unpaired) electrons. The first-order chi connectivity index (χ1) is 13.6. The Balaban J connectivity index is 1.76. The first kappa shape index (κ1) is 18.4. The minimum absolute atomic E-state index is 0.154. The average Bonchev–Trinajstić information content (AvgIpc) is 3.07. The van der Waals surface area contributed by atoms with Crippen LogP contribution in [0.15, 0.2) is 71.1 Å². The Morgan fingerprint density at radius 3 is 2.54 bits per heavy atom. The molecule has 8 heteroatoms. The molecule has 2 aromatic carbocycles. The van der Waals surface area contributed by atoms with Gasteiger partial charge in [-0.1, -0.05) is 42.1 Å². The lowest BCUT2D eigenvalue weighted by molar-refractivity contribution is 0.0722. The molecule has 0 aliphatic carbocycles. The van der Waals surface area contributed by atoms with Crippen LogP contribution >= 0.6 is 11.8 Å². The summed E-state index contributed by atoms with van der Waals surface area (Å²) >= 11 is 1.20. The Morgan fingerprint density at radius 1 is 1.07 bits per heavy atom. The van der Waals surface area contributed by atoms with Crippen molar-refractivity contribution in [3.8, 4) is 0 Å². The molecule has 0 bridgehead atoms. The maximum Gasteiger partial charge on any atom is 0.320 e. The Bertz CT molecular complexity index is 1230. The maximum atomic E-state index is 13.6. The Labute approximate surface area is 163 Å². The molecule has 0 spiro atoms. The third-order valence-corrected chi connectivity index (χ3v) is 5.31. The highest BCUT2D eigenvalue weighted by Gasteiger charge is 2.19. The lowest BCUT2D eigenvalue weighted by Crippen LogP contribution is -2.22. The lowest BCUT2D eigenvalue weighted by Gasteiger charge is -2.12. The summed E-state index contributed by atoms with van der Waals surface area (Å²) in [6.45, 7) is 1.27. The van der Waals surface area contributed by atoms with Crippen LogP contribution in [0.4, 0.5) is 8.78 Å². The highest BCUT2D eigenvalue weighted by atomic mass is 32.2. The van der Waals surface area contributed by atoms with Crippen LogP contribution in [0, 0.1) is 0 Å². The maximum absolute atomic E-state index is 13.6. The van der Waals surface area contributed by atoms with Crippen LogP contribution in [0.5, 0.6) is 0 Å². The lowest BCUT2D eigenvalue weighted by atomic mass is 10.2. The first-order valence-electron chi connectivity index (χ1n) is 8.57. The van der Waals surface area contributed by atoms with Gasteiger partial charge in [-0.25, -0.2) is 9.97 Å². The van der Waals surface area contributed by atoms with Gasteiger partial charge >= 0.3 is 6.55 Å². The molecule has 28 heavy (non-hydrogen) atoms. The monoisotopic (exact) mass is 398 g/mol. The molecule has 0 aliphatic heterocycles. The Kier molecular flexibility index (Phi) is 4.95. The van der Waals surface area contributed by atoms with E-state index in [9.17, 15) is 13.6 Å². The number of halogens is 2. The molecule has 0 N–H and O–H groups in total. The van der Waals surface area contributed by atoms with Gasteiger partial charge in [0.15, 0.2) is 5.16 Å². The van der Waals surface area contributed by atoms with E-state index in [4.69, 9.17) is 0 Å². The minimum atomic E-state index is -2.71. The van der Waals surface area contributed by atoms with Crippen molar-refractivity contribution in [3.05, 3.63) is 77.4 Å². The van der Waals surface area contributed by atoms with E-state index in [0.29, 0.717) is 27.1 Å². The van der Waals surface area contributed by atoms with Gasteiger partial charge in [0.1, 0.15) is 5.82 Å². The summed E-state index contributed by atoms with van der Waals surface area (Å²) in [7, 11) is 0. The zero-order valence-electron chi connectivity index (χ0n) is 14.8. The number of rotatable bonds is 6. The molecule has 4 rings (SSSR count). The second kappa shape index (κ2) is 7.55. The molecule has 0 amide bonds. The van der Waals surface area contributed by atoms with Gasteiger partial charge in [-0.05, 0) is 24.3 Å². The largest absolute Gasteiger partial charge is 0.320 e. The predicted octanol–water partition coefficient (Wildman–Crippen LogP) is 4.62. The third-order valence-electron chi connectivity index (χ3n) is 4.33. The van der Waals surface area contributed by atoms with E-state index >= 15 is 0 Å². The number of para-hydroxylation sites is 3. The number of imidazole rings is 1. The number of benzene rings is 2. The fourth-order valence-electron chi connectivity index (χ4n) is 3.09. The summed E-state index contributed by atoms with van der Waals surface area (Å²) in [5, 5.41) is 0.949. The molecular formula is C20H16F2N4OS. The van der Waals surface area contributed by atoms with Crippen molar-refractivity contribution in [2.75, 3.05) is 0 Å². The molecule has 0 saturated carbocycles. The highest BCUT2D eigenvalue weighted by molar-refractivity contribution is 7.98. The number of thioether (sulfide) groups is 1. The van der Waals surface area contributed by atoms with Gasteiger partial charge < -0.3 is 0 Å². The van der Waals surface area contributed by atoms with E-state index in [2.05, 4.69) is 16.5 Å². The van der Waals surface area contributed by atoms with Crippen molar-refractivity contribution < 1.29 is 8.78 Å². The third kappa shape index (κ3) is 3.20. The van der Waals surface area contributed by atoms with Crippen molar-refractivity contribution in [2.24, 2.45) is 0 Å². The van der Waals surface area contributed by atoms with E-state index < -0.39 is 6.55 Å². The zero-order valence-corrected chi connectivity index (χ0v) is 15.6. The summed E-state index contributed by atoms with van der Waals surface area (Å²) < 4.78 is 29.6. The van der Waals surface area contributed by atoms with Gasteiger partial charge in [0.2, 0.25) is 0 Å². The fourth-order valence-corrected chi connectivity index (χ4v) is 4.03. The summed E-state index contributed by atoms with van der Waals surface area (Å²) in [5.74, 6) is 0.384. The molecular weight excluding hydrogens is 382 g/mol. The number of hydrogen-bond acceptors (Lipinski definition) is 4. The van der Waals surface area contributed by atoms with Crippen LogP contribution in [0.25, 0.3) is 21.9 Å². The molecule has 5 nitrogen and oxygen atoms in total. The Morgan fingerprint density at radius 2 is 1.79 bits per heavy atom. The van der Waals surface area contributed by atoms with Crippen LogP contribution in [0.2, 0.25) is 0 Å². The van der Waals surface area contributed by atoms with Gasteiger partial charge in [0.25, 0.3) is 5.56 Å². The second-order valence-corrected chi connectivity index (χ2v) is 7.01. The SMILES string of the molecule is C=CCn1c(SCc2nc3ccccc3n2C(F)F)nc2ccccc2c1=O. The molecule has 0 aliphatic rings. The van der Waals surface area contributed by atoms with Crippen molar-refractivity contribution in [2.45, 2.75) is 24.0 Å². The average molecular weight is 398 g/mol. The van der Waals surface area contributed by atoms with Crippen molar-refractivity contribution in [1.82, 2.24) is 19.1 Å². The molecule has 2 heterocycles. The summed E-state index contributed by atoms with van der Waals surface area (Å²) in [6, 6.07) is 13.8. The van der Waals surface area contributed by atoms with E-state index in [-0.39, 0.29) is 23.7 Å². The fraction of sp³-hybridized carbons (Fsp3) is 0.150. The number of allylic oxidation sites excluding steroid dienone is 1. The number of alkyl halides is 2. The highest BCUT2D eigenvalue weighted by Crippen LogP contribution is 2.28. The van der Waals surface area contributed by atoms with Gasteiger partial charge in [-0.15, -0.1) is 6.58 Å². The molecule has 0 saturated heterocycles. The van der Waals surface area contributed by atoms with Crippen molar-refractivity contribution in [3.63, 3.8) is 0 Å². The molecule has 0 fully saturated rings. The van der Waals surface area contributed by atoms with E-state index in [1.165, 1.54) is 16.3 Å².